The Labute approximate surface area is 200 Å². The summed E-state index contributed by atoms with van der Waals surface area (Å²) in [4.78, 5) is 29.0. The third kappa shape index (κ3) is 5.01. The third-order valence-corrected chi connectivity index (χ3v) is 5.70. The van der Waals surface area contributed by atoms with Crippen LogP contribution in [0.3, 0.4) is 0 Å². The molecule has 0 bridgehead atoms. The van der Waals surface area contributed by atoms with E-state index in [1.54, 1.807) is 22.9 Å². The molecule has 1 atom stereocenters. The lowest BCUT2D eigenvalue weighted by atomic mass is 10.1. The number of aryl methyl sites for hydroxylation is 3. The highest BCUT2D eigenvalue weighted by atomic mass is 35.5. The van der Waals surface area contributed by atoms with E-state index in [4.69, 9.17) is 21.2 Å². The van der Waals surface area contributed by atoms with Crippen molar-refractivity contribution >= 4 is 34.6 Å². The number of hydrogen-bond acceptors (Lipinski definition) is 7. The number of amides is 1. The second kappa shape index (κ2) is 9.52. The van der Waals surface area contributed by atoms with E-state index >= 15 is 0 Å². The maximum absolute atomic E-state index is 12.8. The fraction of sp³-hybridized carbons (Fsp3) is 0.261. The molecule has 0 fully saturated rings. The zero-order valence-electron chi connectivity index (χ0n) is 18.7. The Hall–Kier alpha value is -3.92. The van der Waals surface area contributed by atoms with Crippen molar-refractivity contribution in [2.75, 3.05) is 5.32 Å². The quantitative estimate of drug-likeness (QED) is 0.372. The van der Waals surface area contributed by atoms with Crippen LogP contribution in [-0.2, 0) is 16.2 Å². The summed E-state index contributed by atoms with van der Waals surface area (Å²) in [5.74, 6) is 0.172. The Morgan fingerprint density at radius 1 is 1.29 bits per heavy atom. The van der Waals surface area contributed by atoms with Crippen LogP contribution in [0.5, 0.6) is 11.5 Å². The molecule has 34 heavy (non-hydrogen) atoms. The van der Waals surface area contributed by atoms with Crippen LogP contribution in [0.2, 0.25) is 5.02 Å². The number of rotatable bonds is 7. The van der Waals surface area contributed by atoms with Gasteiger partial charge in [0.15, 0.2) is 0 Å². The van der Waals surface area contributed by atoms with Gasteiger partial charge in [-0.05, 0) is 44.5 Å². The van der Waals surface area contributed by atoms with E-state index in [-0.39, 0.29) is 23.5 Å². The number of anilines is 1. The first kappa shape index (κ1) is 23.2. The molecule has 1 amide bonds. The molecule has 10 nitrogen and oxygen atoms in total. The minimum absolute atomic E-state index is 0.193. The second-order valence-electron chi connectivity index (χ2n) is 7.80. The summed E-state index contributed by atoms with van der Waals surface area (Å²) in [7, 11) is 0. The van der Waals surface area contributed by atoms with Crippen molar-refractivity contribution in [2.45, 2.75) is 39.8 Å². The molecule has 1 unspecified atom stereocenters. The van der Waals surface area contributed by atoms with Crippen LogP contribution >= 0.6 is 11.6 Å². The molecule has 1 aliphatic heterocycles. The van der Waals surface area contributed by atoms with Crippen molar-refractivity contribution in [2.24, 2.45) is 5.16 Å². The summed E-state index contributed by atoms with van der Waals surface area (Å²) >= 11 is 6.04. The van der Waals surface area contributed by atoms with Gasteiger partial charge < -0.3 is 14.9 Å². The van der Waals surface area contributed by atoms with E-state index in [1.165, 1.54) is 18.2 Å². The summed E-state index contributed by atoms with van der Waals surface area (Å²) in [6.45, 7) is 6.38. The maximum atomic E-state index is 12.8. The number of nitrogens with zero attached hydrogens (tertiary/aromatic N) is 4. The molecule has 0 spiro atoms. The smallest absolute Gasteiger partial charge is 0.275 e. The van der Waals surface area contributed by atoms with E-state index in [0.29, 0.717) is 23.0 Å². The molecule has 0 aliphatic carbocycles. The van der Waals surface area contributed by atoms with Gasteiger partial charge in [-0.1, -0.05) is 16.8 Å². The molecule has 2 heterocycles. The summed E-state index contributed by atoms with van der Waals surface area (Å²) in [5.41, 5.74) is 3.01. The topological polar surface area (TPSA) is 121 Å². The van der Waals surface area contributed by atoms with Gasteiger partial charge in [0, 0.05) is 41.9 Å². The number of carbonyl (C=O) groups excluding carboxylic acids is 1. The van der Waals surface area contributed by atoms with Gasteiger partial charge in [0.2, 0.25) is 6.10 Å². The number of halogens is 1. The van der Waals surface area contributed by atoms with Gasteiger partial charge in [0.1, 0.15) is 11.5 Å². The summed E-state index contributed by atoms with van der Waals surface area (Å²) in [5, 5.41) is 23.1. The minimum atomic E-state index is -0.873. The molecule has 1 aliphatic rings. The molecule has 1 N–H and O–H groups in total. The lowest BCUT2D eigenvalue weighted by Gasteiger charge is -2.12. The first-order valence-corrected chi connectivity index (χ1v) is 10.9. The molecule has 11 heteroatoms. The Kier molecular flexibility index (Phi) is 6.51. The molecule has 0 saturated carbocycles. The standard InChI is InChI=1S/C23H22ClN5O5/c1-4-28-12-19(14(3)26-28)21-11-22(34-27-21)23(30)25-15-8-16(29(31)32)10-18(9-15)33-17-5-6-20(24)13(2)7-17/h5-10,12,22H,4,11H2,1-3H3,(H,25,30). The predicted octanol–water partition coefficient (Wildman–Crippen LogP) is 5.01. The van der Waals surface area contributed by atoms with E-state index < -0.39 is 16.9 Å². The number of nitro groups is 1. The molecule has 176 valence electrons. The molecule has 0 radical (unpaired) electrons. The highest BCUT2D eigenvalue weighted by Crippen LogP contribution is 2.32. The van der Waals surface area contributed by atoms with Gasteiger partial charge in [0.25, 0.3) is 11.6 Å². The monoisotopic (exact) mass is 483 g/mol. The van der Waals surface area contributed by atoms with Crippen molar-refractivity contribution in [3.63, 3.8) is 0 Å². The van der Waals surface area contributed by atoms with Gasteiger partial charge >= 0.3 is 0 Å². The second-order valence-corrected chi connectivity index (χ2v) is 8.20. The number of nitro benzene ring substituents is 1. The lowest BCUT2D eigenvalue weighted by molar-refractivity contribution is -0.384. The number of hydrogen-bond donors (Lipinski definition) is 1. The van der Waals surface area contributed by atoms with Crippen molar-refractivity contribution in [3.05, 3.63) is 74.6 Å². The maximum Gasteiger partial charge on any atom is 0.275 e. The normalized spacial score (nSPS) is 14.9. The number of non-ortho nitro benzene ring substituents is 1. The molecule has 3 aromatic rings. The number of oxime groups is 1. The Morgan fingerprint density at radius 3 is 2.76 bits per heavy atom. The number of ether oxygens (including phenoxy) is 1. The van der Waals surface area contributed by atoms with Crippen molar-refractivity contribution in [1.29, 1.82) is 0 Å². The Balaban J connectivity index is 1.49. The Bertz CT molecular complexity index is 1300. The van der Waals surface area contributed by atoms with E-state index in [0.717, 1.165) is 16.8 Å². The number of aromatic nitrogens is 2. The van der Waals surface area contributed by atoms with Crippen molar-refractivity contribution in [3.8, 4) is 11.5 Å². The van der Waals surface area contributed by atoms with Crippen LogP contribution in [0.1, 0.15) is 30.2 Å². The van der Waals surface area contributed by atoms with Gasteiger partial charge in [-0.15, -0.1) is 0 Å². The summed E-state index contributed by atoms with van der Waals surface area (Å²) in [6.07, 6.45) is 1.24. The highest BCUT2D eigenvalue weighted by Gasteiger charge is 2.31. The van der Waals surface area contributed by atoms with Gasteiger partial charge in [-0.25, -0.2) is 0 Å². The van der Waals surface area contributed by atoms with Gasteiger partial charge in [-0.2, -0.15) is 5.10 Å². The average molecular weight is 484 g/mol. The van der Waals surface area contributed by atoms with Crippen LogP contribution in [-0.4, -0.2) is 32.4 Å². The number of carbonyl (C=O) groups is 1. The average Bonchev–Trinajstić information content (AvgIpc) is 3.42. The molecular formula is C23H22ClN5O5. The largest absolute Gasteiger partial charge is 0.457 e. The highest BCUT2D eigenvalue weighted by molar-refractivity contribution is 6.31. The molecule has 4 rings (SSSR count). The van der Waals surface area contributed by atoms with Crippen LogP contribution in [0.25, 0.3) is 0 Å². The summed E-state index contributed by atoms with van der Waals surface area (Å²) in [6, 6.07) is 9.08. The van der Waals surface area contributed by atoms with Crippen molar-refractivity contribution < 1.29 is 19.3 Å². The van der Waals surface area contributed by atoms with Crippen LogP contribution in [0.15, 0.2) is 47.8 Å². The van der Waals surface area contributed by atoms with Crippen molar-refractivity contribution in [1.82, 2.24) is 9.78 Å². The zero-order chi connectivity index (χ0) is 24.4. The minimum Gasteiger partial charge on any atom is -0.457 e. The van der Waals surface area contributed by atoms with Crippen LogP contribution < -0.4 is 10.1 Å². The van der Waals surface area contributed by atoms with Crippen LogP contribution in [0.4, 0.5) is 11.4 Å². The molecule has 0 saturated heterocycles. The lowest BCUT2D eigenvalue weighted by Crippen LogP contribution is -2.28. The zero-order valence-corrected chi connectivity index (χ0v) is 19.5. The fourth-order valence-corrected chi connectivity index (χ4v) is 3.62. The first-order valence-electron chi connectivity index (χ1n) is 10.5. The number of nitrogens with one attached hydrogen (secondary N) is 1. The molecular weight excluding hydrogens is 462 g/mol. The summed E-state index contributed by atoms with van der Waals surface area (Å²) < 4.78 is 7.56. The van der Waals surface area contributed by atoms with E-state index in [1.807, 2.05) is 27.0 Å². The predicted molar refractivity (Wildman–Crippen MR) is 127 cm³/mol. The van der Waals surface area contributed by atoms with Gasteiger partial charge in [-0.3, -0.25) is 19.6 Å². The molecule has 2 aromatic carbocycles. The SMILES string of the molecule is CCn1cc(C2=NOC(C(=O)Nc3cc(Oc4ccc(Cl)c(C)c4)cc([N+](=O)[O-])c3)C2)c(C)n1. The van der Waals surface area contributed by atoms with E-state index in [2.05, 4.69) is 15.6 Å². The van der Waals surface area contributed by atoms with Crippen LogP contribution in [0, 0.1) is 24.0 Å². The van der Waals surface area contributed by atoms with Gasteiger partial charge in [0.05, 0.1) is 28.1 Å². The Morgan fingerprint density at radius 2 is 2.09 bits per heavy atom. The van der Waals surface area contributed by atoms with E-state index in [9.17, 15) is 14.9 Å². The molecule has 1 aromatic heterocycles. The first-order chi connectivity index (χ1) is 16.2. The third-order valence-electron chi connectivity index (χ3n) is 5.28. The number of benzene rings is 2. The fourth-order valence-electron chi connectivity index (χ4n) is 3.50.